The molecule has 4 nitrogen and oxygen atoms in total. The predicted molar refractivity (Wildman–Crippen MR) is 91.5 cm³/mol. The molecule has 0 heterocycles. The average Bonchev–Trinajstić information content (AvgIpc) is 2.59. The Balaban J connectivity index is 2.19. The average molecular weight is 334 g/mol. The van der Waals surface area contributed by atoms with Crippen LogP contribution in [-0.2, 0) is 0 Å². The van der Waals surface area contributed by atoms with Crippen molar-refractivity contribution in [3.63, 3.8) is 0 Å². The first kappa shape index (κ1) is 17.2. The zero-order valence-corrected chi connectivity index (χ0v) is 14.2. The second kappa shape index (κ2) is 7.88. The normalized spacial score (nSPS) is 11.7. The van der Waals surface area contributed by atoms with Gasteiger partial charge in [0.05, 0.1) is 20.3 Å². The van der Waals surface area contributed by atoms with Gasteiger partial charge in [-0.3, -0.25) is 4.79 Å². The van der Waals surface area contributed by atoms with Gasteiger partial charge in [0.15, 0.2) is 11.5 Å². The van der Waals surface area contributed by atoms with Crippen LogP contribution >= 0.6 is 11.6 Å². The maximum atomic E-state index is 12.4. The van der Waals surface area contributed by atoms with Crippen LogP contribution in [0.15, 0.2) is 42.5 Å². The van der Waals surface area contributed by atoms with Crippen molar-refractivity contribution in [1.29, 1.82) is 0 Å². The first-order valence-corrected chi connectivity index (χ1v) is 7.75. The Bertz CT molecular complexity index is 670. The van der Waals surface area contributed by atoms with E-state index in [-0.39, 0.29) is 11.9 Å². The number of hydrogen-bond acceptors (Lipinski definition) is 3. The third kappa shape index (κ3) is 4.17. The van der Waals surface area contributed by atoms with Gasteiger partial charge in [0, 0.05) is 10.6 Å². The number of amides is 1. The lowest BCUT2D eigenvalue weighted by atomic mass is 10.0. The highest BCUT2D eigenvalue weighted by Crippen LogP contribution is 2.31. The Hall–Kier alpha value is -2.20. The van der Waals surface area contributed by atoms with Gasteiger partial charge < -0.3 is 14.8 Å². The van der Waals surface area contributed by atoms with Crippen LogP contribution in [0.3, 0.4) is 0 Å². The number of methoxy groups -OCH3 is 2. The molecular weight excluding hydrogens is 314 g/mol. The summed E-state index contributed by atoms with van der Waals surface area (Å²) >= 11 is 5.85. The van der Waals surface area contributed by atoms with Crippen molar-refractivity contribution in [2.75, 3.05) is 14.2 Å². The van der Waals surface area contributed by atoms with Crippen LogP contribution in [-0.4, -0.2) is 20.1 Å². The minimum Gasteiger partial charge on any atom is -0.493 e. The third-order valence-electron chi connectivity index (χ3n) is 3.63. The molecule has 2 aromatic carbocycles. The molecule has 122 valence electrons. The van der Waals surface area contributed by atoms with Crippen LogP contribution < -0.4 is 14.8 Å². The Morgan fingerprint density at radius 1 is 1.09 bits per heavy atom. The van der Waals surface area contributed by atoms with Gasteiger partial charge in [-0.1, -0.05) is 24.6 Å². The molecule has 1 atom stereocenters. The number of benzene rings is 2. The van der Waals surface area contributed by atoms with Gasteiger partial charge in [-0.05, 0) is 48.4 Å². The fraction of sp³-hybridized carbons (Fsp3) is 0.278. The van der Waals surface area contributed by atoms with Gasteiger partial charge in [0.2, 0.25) is 0 Å². The Kier molecular flexibility index (Phi) is 5.88. The number of hydrogen-bond donors (Lipinski definition) is 1. The van der Waals surface area contributed by atoms with Gasteiger partial charge in [0.1, 0.15) is 0 Å². The largest absolute Gasteiger partial charge is 0.493 e. The first-order chi connectivity index (χ1) is 11.1. The van der Waals surface area contributed by atoms with Crippen molar-refractivity contribution in [3.8, 4) is 11.5 Å². The summed E-state index contributed by atoms with van der Waals surface area (Å²) in [4.78, 5) is 12.4. The van der Waals surface area contributed by atoms with Crippen molar-refractivity contribution >= 4 is 17.5 Å². The van der Waals surface area contributed by atoms with Crippen LogP contribution in [0.2, 0.25) is 5.02 Å². The molecule has 0 aliphatic heterocycles. The molecule has 2 aromatic rings. The molecule has 0 aromatic heterocycles. The smallest absolute Gasteiger partial charge is 0.251 e. The quantitative estimate of drug-likeness (QED) is 0.860. The van der Waals surface area contributed by atoms with Crippen LogP contribution in [0.1, 0.15) is 35.3 Å². The lowest BCUT2D eigenvalue weighted by molar-refractivity contribution is 0.0935. The van der Waals surface area contributed by atoms with Crippen molar-refractivity contribution in [2.45, 2.75) is 19.4 Å². The highest BCUT2D eigenvalue weighted by atomic mass is 35.5. The minimum atomic E-state index is -0.136. The molecule has 2 rings (SSSR count). The molecule has 0 unspecified atom stereocenters. The Labute approximate surface area is 141 Å². The van der Waals surface area contributed by atoms with Gasteiger partial charge in [-0.2, -0.15) is 0 Å². The molecular formula is C18H20ClNO3. The summed E-state index contributed by atoms with van der Waals surface area (Å²) in [5, 5.41) is 3.63. The van der Waals surface area contributed by atoms with E-state index >= 15 is 0 Å². The van der Waals surface area contributed by atoms with Gasteiger partial charge in [-0.25, -0.2) is 0 Å². The van der Waals surface area contributed by atoms with E-state index in [0.717, 1.165) is 12.0 Å². The van der Waals surface area contributed by atoms with Crippen molar-refractivity contribution in [2.24, 2.45) is 0 Å². The maximum Gasteiger partial charge on any atom is 0.251 e. The summed E-state index contributed by atoms with van der Waals surface area (Å²) in [5.41, 5.74) is 1.54. The second-order valence-corrected chi connectivity index (χ2v) is 5.49. The Morgan fingerprint density at radius 2 is 1.74 bits per heavy atom. The standard InChI is InChI=1S/C18H20ClNO3/c1-4-15(13-7-10-16(22-2)17(11-13)23-3)20-18(21)12-5-8-14(19)9-6-12/h5-11,15H,4H2,1-3H3,(H,20,21)/t15-/m0/s1. The fourth-order valence-electron chi connectivity index (χ4n) is 2.33. The lowest BCUT2D eigenvalue weighted by Gasteiger charge is -2.19. The predicted octanol–water partition coefficient (Wildman–Crippen LogP) is 4.24. The van der Waals surface area contributed by atoms with Crippen LogP contribution in [0.5, 0.6) is 11.5 Å². The van der Waals surface area contributed by atoms with Gasteiger partial charge in [-0.15, -0.1) is 0 Å². The van der Waals surface area contributed by atoms with Gasteiger partial charge in [0.25, 0.3) is 5.91 Å². The summed E-state index contributed by atoms with van der Waals surface area (Å²) in [6.45, 7) is 2.02. The monoisotopic (exact) mass is 333 g/mol. The number of halogens is 1. The number of nitrogens with one attached hydrogen (secondary N) is 1. The topological polar surface area (TPSA) is 47.6 Å². The molecule has 0 saturated heterocycles. The van der Waals surface area contributed by atoms with Gasteiger partial charge >= 0.3 is 0 Å². The molecule has 0 bridgehead atoms. The Morgan fingerprint density at radius 3 is 2.30 bits per heavy atom. The van der Waals surface area contributed by atoms with E-state index in [4.69, 9.17) is 21.1 Å². The lowest BCUT2D eigenvalue weighted by Crippen LogP contribution is -2.28. The van der Waals surface area contributed by atoms with Crippen molar-refractivity contribution < 1.29 is 14.3 Å². The van der Waals surface area contributed by atoms with Crippen molar-refractivity contribution in [1.82, 2.24) is 5.32 Å². The van der Waals surface area contributed by atoms with E-state index in [2.05, 4.69) is 5.32 Å². The highest BCUT2D eigenvalue weighted by Gasteiger charge is 2.16. The molecule has 0 fully saturated rings. The van der Waals surface area contributed by atoms with E-state index in [9.17, 15) is 4.79 Å². The number of ether oxygens (including phenoxy) is 2. The molecule has 0 aliphatic rings. The molecule has 0 aliphatic carbocycles. The van der Waals surface area contributed by atoms with E-state index in [1.165, 1.54) is 0 Å². The van der Waals surface area contributed by atoms with Crippen LogP contribution in [0.4, 0.5) is 0 Å². The number of carbonyl (C=O) groups excluding carboxylic acids is 1. The van der Waals surface area contributed by atoms with E-state index in [1.54, 1.807) is 38.5 Å². The molecule has 5 heteroatoms. The molecule has 0 spiro atoms. The summed E-state index contributed by atoms with van der Waals surface area (Å²) in [7, 11) is 3.19. The number of rotatable bonds is 6. The minimum absolute atomic E-state index is 0.113. The summed E-state index contributed by atoms with van der Waals surface area (Å²) in [5.74, 6) is 1.17. The third-order valence-corrected chi connectivity index (χ3v) is 3.88. The molecule has 1 amide bonds. The summed E-state index contributed by atoms with van der Waals surface area (Å²) in [6.07, 6.45) is 0.759. The fourth-order valence-corrected chi connectivity index (χ4v) is 2.46. The van der Waals surface area contributed by atoms with Crippen LogP contribution in [0.25, 0.3) is 0 Å². The first-order valence-electron chi connectivity index (χ1n) is 7.37. The zero-order valence-electron chi connectivity index (χ0n) is 13.4. The highest BCUT2D eigenvalue weighted by molar-refractivity contribution is 6.30. The van der Waals surface area contributed by atoms with E-state index in [0.29, 0.717) is 22.1 Å². The van der Waals surface area contributed by atoms with E-state index in [1.807, 2.05) is 25.1 Å². The molecule has 1 N–H and O–H groups in total. The SMILES string of the molecule is CC[C@H](NC(=O)c1ccc(Cl)cc1)c1ccc(OC)c(OC)c1. The maximum absolute atomic E-state index is 12.4. The molecule has 0 saturated carbocycles. The summed E-state index contributed by atoms with van der Waals surface area (Å²) < 4.78 is 10.6. The summed E-state index contributed by atoms with van der Waals surface area (Å²) in [6, 6.07) is 12.4. The zero-order chi connectivity index (χ0) is 16.8. The van der Waals surface area contributed by atoms with Crippen molar-refractivity contribution in [3.05, 3.63) is 58.6 Å². The second-order valence-electron chi connectivity index (χ2n) is 5.06. The molecule has 23 heavy (non-hydrogen) atoms. The van der Waals surface area contributed by atoms with E-state index < -0.39 is 0 Å². The number of carbonyl (C=O) groups is 1. The molecule has 0 radical (unpaired) electrons. The van der Waals surface area contributed by atoms with Crippen LogP contribution in [0, 0.1) is 0 Å².